The summed E-state index contributed by atoms with van der Waals surface area (Å²) in [6.07, 6.45) is 7.22. The smallest absolute Gasteiger partial charge is 0.224 e. The van der Waals surface area contributed by atoms with E-state index in [9.17, 15) is 4.79 Å². The Morgan fingerprint density at radius 1 is 1.35 bits per heavy atom. The molecule has 1 aromatic rings. The Kier molecular flexibility index (Phi) is 3.82. The van der Waals surface area contributed by atoms with Gasteiger partial charge in [0.05, 0.1) is 6.33 Å². The number of aromatic nitrogens is 2. The molecule has 0 saturated carbocycles. The third-order valence-corrected chi connectivity index (χ3v) is 3.36. The minimum Gasteiger partial charge on any atom is -0.342 e. The molecule has 2 unspecified atom stereocenters. The molecule has 0 aromatic carbocycles. The van der Waals surface area contributed by atoms with Gasteiger partial charge < -0.3 is 9.47 Å². The van der Waals surface area contributed by atoms with Gasteiger partial charge >= 0.3 is 0 Å². The van der Waals surface area contributed by atoms with Crippen LogP contribution in [0.15, 0.2) is 18.7 Å². The van der Waals surface area contributed by atoms with E-state index in [1.54, 1.807) is 12.5 Å². The van der Waals surface area contributed by atoms with Crippen LogP contribution in [-0.4, -0.2) is 33.4 Å². The van der Waals surface area contributed by atoms with Crippen LogP contribution in [0.4, 0.5) is 0 Å². The average Bonchev–Trinajstić information content (AvgIpc) is 2.77. The molecule has 1 fully saturated rings. The number of hydrogen-bond acceptors (Lipinski definition) is 2. The van der Waals surface area contributed by atoms with Crippen molar-refractivity contribution in [2.75, 3.05) is 13.1 Å². The number of carbonyl (C=O) groups is 1. The zero-order chi connectivity index (χ0) is 12.3. The molecule has 1 saturated heterocycles. The third-order valence-electron chi connectivity index (χ3n) is 3.36. The predicted molar refractivity (Wildman–Crippen MR) is 66.4 cm³/mol. The summed E-state index contributed by atoms with van der Waals surface area (Å²) >= 11 is 0. The number of amides is 1. The molecule has 4 heteroatoms. The predicted octanol–water partition coefficient (Wildman–Crippen LogP) is 1.78. The van der Waals surface area contributed by atoms with Crippen LogP contribution < -0.4 is 0 Å². The second-order valence-electron chi connectivity index (χ2n) is 5.30. The molecule has 1 aliphatic rings. The van der Waals surface area contributed by atoms with E-state index in [0.29, 0.717) is 18.3 Å². The van der Waals surface area contributed by atoms with E-state index >= 15 is 0 Å². The van der Waals surface area contributed by atoms with Gasteiger partial charge in [-0.05, 0) is 18.3 Å². The summed E-state index contributed by atoms with van der Waals surface area (Å²) in [5.74, 6) is 1.55. The number of rotatable bonds is 3. The van der Waals surface area contributed by atoms with Crippen molar-refractivity contribution < 1.29 is 4.79 Å². The van der Waals surface area contributed by atoms with E-state index in [2.05, 4.69) is 18.8 Å². The van der Waals surface area contributed by atoms with Crippen LogP contribution in [-0.2, 0) is 11.3 Å². The summed E-state index contributed by atoms with van der Waals surface area (Å²) in [5.41, 5.74) is 0. The second kappa shape index (κ2) is 5.34. The Morgan fingerprint density at radius 3 is 2.65 bits per heavy atom. The van der Waals surface area contributed by atoms with Crippen LogP contribution in [0.1, 0.15) is 26.7 Å². The van der Waals surface area contributed by atoms with Crippen molar-refractivity contribution in [3.63, 3.8) is 0 Å². The number of nitrogens with zero attached hydrogens (tertiary/aromatic N) is 3. The Balaban J connectivity index is 1.83. The number of likely N-dealkylation sites (tertiary alicyclic amines) is 1. The van der Waals surface area contributed by atoms with Crippen molar-refractivity contribution in [3.8, 4) is 0 Å². The molecule has 1 aromatic heterocycles. The lowest BCUT2D eigenvalue weighted by Crippen LogP contribution is -2.42. The van der Waals surface area contributed by atoms with Crippen LogP contribution in [0, 0.1) is 11.8 Å². The zero-order valence-electron chi connectivity index (χ0n) is 10.7. The molecule has 0 aliphatic carbocycles. The summed E-state index contributed by atoms with van der Waals surface area (Å²) in [6.45, 7) is 7.04. The fraction of sp³-hybridized carbons (Fsp3) is 0.692. The SMILES string of the molecule is CC1CC(C)CN(C(=O)CCn2ccnc2)C1. The Bertz CT molecular complexity index is 351. The summed E-state index contributed by atoms with van der Waals surface area (Å²) in [7, 11) is 0. The standard InChI is InChI=1S/C13H21N3O/c1-11-7-12(2)9-16(8-11)13(17)3-5-15-6-4-14-10-15/h4,6,10-12H,3,5,7-9H2,1-2H3. The van der Waals surface area contributed by atoms with Gasteiger partial charge in [0.25, 0.3) is 0 Å². The van der Waals surface area contributed by atoms with Crippen molar-refractivity contribution in [1.29, 1.82) is 0 Å². The van der Waals surface area contributed by atoms with Gasteiger partial charge in [0.15, 0.2) is 0 Å². The van der Waals surface area contributed by atoms with E-state index in [0.717, 1.165) is 19.6 Å². The van der Waals surface area contributed by atoms with Crippen molar-refractivity contribution >= 4 is 5.91 Å². The number of piperidine rings is 1. The van der Waals surface area contributed by atoms with Crippen LogP contribution in [0.25, 0.3) is 0 Å². The van der Waals surface area contributed by atoms with Crippen LogP contribution in [0.2, 0.25) is 0 Å². The number of carbonyl (C=O) groups excluding carboxylic acids is 1. The van der Waals surface area contributed by atoms with Crippen molar-refractivity contribution in [3.05, 3.63) is 18.7 Å². The molecule has 2 atom stereocenters. The molecule has 4 nitrogen and oxygen atoms in total. The molecular formula is C13H21N3O. The molecule has 1 amide bonds. The molecule has 2 rings (SSSR count). The van der Waals surface area contributed by atoms with Crippen LogP contribution in [0.5, 0.6) is 0 Å². The van der Waals surface area contributed by atoms with Gasteiger partial charge in [-0.2, -0.15) is 0 Å². The van der Waals surface area contributed by atoms with Gasteiger partial charge in [-0.3, -0.25) is 4.79 Å². The highest BCUT2D eigenvalue weighted by Gasteiger charge is 2.24. The molecule has 1 aliphatic heterocycles. The van der Waals surface area contributed by atoms with Crippen molar-refractivity contribution in [1.82, 2.24) is 14.5 Å². The molecule has 94 valence electrons. The van der Waals surface area contributed by atoms with E-state index in [-0.39, 0.29) is 5.91 Å². The normalized spacial score (nSPS) is 24.9. The first kappa shape index (κ1) is 12.1. The lowest BCUT2D eigenvalue weighted by atomic mass is 9.92. The minimum atomic E-state index is 0.275. The van der Waals surface area contributed by atoms with Crippen LogP contribution >= 0.6 is 0 Å². The Labute approximate surface area is 103 Å². The summed E-state index contributed by atoms with van der Waals surface area (Å²) < 4.78 is 1.95. The monoisotopic (exact) mass is 235 g/mol. The molecular weight excluding hydrogens is 214 g/mol. The summed E-state index contributed by atoms with van der Waals surface area (Å²) in [4.78, 5) is 18.1. The molecule has 0 N–H and O–H groups in total. The van der Waals surface area contributed by atoms with E-state index in [1.165, 1.54) is 6.42 Å². The fourth-order valence-corrected chi connectivity index (χ4v) is 2.67. The largest absolute Gasteiger partial charge is 0.342 e. The molecule has 17 heavy (non-hydrogen) atoms. The van der Waals surface area contributed by atoms with E-state index < -0.39 is 0 Å². The van der Waals surface area contributed by atoms with Crippen molar-refractivity contribution in [2.24, 2.45) is 11.8 Å². The van der Waals surface area contributed by atoms with Gasteiger partial charge in [-0.25, -0.2) is 4.98 Å². The third kappa shape index (κ3) is 3.32. The highest BCUT2D eigenvalue weighted by atomic mass is 16.2. The van der Waals surface area contributed by atoms with Gasteiger partial charge in [-0.15, -0.1) is 0 Å². The van der Waals surface area contributed by atoms with E-state index in [4.69, 9.17) is 0 Å². The first-order valence-corrected chi connectivity index (χ1v) is 6.38. The zero-order valence-corrected chi connectivity index (χ0v) is 10.7. The highest BCUT2D eigenvalue weighted by Crippen LogP contribution is 2.21. The number of hydrogen-bond donors (Lipinski definition) is 0. The molecule has 2 heterocycles. The average molecular weight is 235 g/mol. The first-order chi connectivity index (χ1) is 8.15. The molecule has 0 bridgehead atoms. The number of imidazole rings is 1. The second-order valence-corrected chi connectivity index (χ2v) is 5.30. The topological polar surface area (TPSA) is 38.1 Å². The van der Waals surface area contributed by atoms with E-state index in [1.807, 2.05) is 15.7 Å². The summed E-state index contributed by atoms with van der Waals surface area (Å²) in [6, 6.07) is 0. The fourth-order valence-electron chi connectivity index (χ4n) is 2.67. The van der Waals surface area contributed by atoms with Gasteiger partial charge in [0.2, 0.25) is 5.91 Å². The van der Waals surface area contributed by atoms with Crippen molar-refractivity contribution in [2.45, 2.75) is 33.2 Å². The summed E-state index contributed by atoms with van der Waals surface area (Å²) in [5, 5.41) is 0. The Hall–Kier alpha value is -1.32. The maximum atomic E-state index is 12.1. The quantitative estimate of drug-likeness (QED) is 0.801. The molecule has 0 radical (unpaired) electrons. The first-order valence-electron chi connectivity index (χ1n) is 6.38. The lowest BCUT2D eigenvalue weighted by Gasteiger charge is -2.35. The van der Waals surface area contributed by atoms with Gasteiger partial charge in [-0.1, -0.05) is 13.8 Å². The number of aryl methyl sites for hydroxylation is 1. The van der Waals surface area contributed by atoms with Gasteiger partial charge in [0.1, 0.15) is 0 Å². The van der Waals surface area contributed by atoms with Gasteiger partial charge in [0, 0.05) is 38.4 Å². The highest BCUT2D eigenvalue weighted by molar-refractivity contribution is 5.76. The lowest BCUT2D eigenvalue weighted by molar-refractivity contribution is -0.134. The maximum Gasteiger partial charge on any atom is 0.224 e. The molecule has 0 spiro atoms. The minimum absolute atomic E-state index is 0.275. The van der Waals surface area contributed by atoms with Crippen LogP contribution in [0.3, 0.4) is 0 Å². The Morgan fingerprint density at radius 2 is 2.06 bits per heavy atom. The maximum absolute atomic E-state index is 12.1.